The van der Waals surface area contributed by atoms with Crippen LogP contribution in [0.4, 0.5) is 0 Å². The van der Waals surface area contributed by atoms with Gasteiger partial charge in [-0.3, -0.25) is 4.79 Å². The first-order chi connectivity index (χ1) is 19.5. The smallest absolute Gasteiger partial charge is 0.249 e. The zero-order valence-corrected chi connectivity index (χ0v) is 26.3. The molecule has 0 saturated heterocycles. The molecule has 0 radical (unpaired) electrons. The van der Waals surface area contributed by atoms with E-state index in [1.54, 1.807) is 0 Å². The van der Waals surface area contributed by atoms with Gasteiger partial charge in [0.1, 0.15) is 18.3 Å². The summed E-state index contributed by atoms with van der Waals surface area (Å²) in [7, 11) is 0. The zero-order chi connectivity index (χ0) is 29.7. The van der Waals surface area contributed by atoms with E-state index < -0.39 is 36.9 Å². The van der Waals surface area contributed by atoms with Crippen LogP contribution in [0.15, 0.2) is 12.2 Å². The van der Waals surface area contributed by atoms with E-state index in [9.17, 15) is 25.2 Å². The highest BCUT2D eigenvalue weighted by molar-refractivity contribution is 5.80. The molecule has 5 N–H and O–H groups in total. The summed E-state index contributed by atoms with van der Waals surface area (Å²) in [6, 6.07) is -1.03. The van der Waals surface area contributed by atoms with E-state index in [2.05, 4.69) is 19.2 Å². The van der Waals surface area contributed by atoms with Gasteiger partial charge in [0.25, 0.3) is 0 Å². The number of carbonyl (C=O) groups excluding carboxylic acids is 1. The van der Waals surface area contributed by atoms with Crippen LogP contribution in [0, 0.1) is 0 Å². The molecular weight excluding hydrogens is 502 g/mol. The van der Waals surface area contributed by atoms with Gasteiger partial charge in [0.05, 0.1) is 12.6 Å². The summed E-state index contributed by atoms with van der Waals surface area (Å²) >= 11 is 0. The second kappa shape index (κ2) is 29.5. The van der Waals surface area contributed by atoms with Crippen molar-refractivity contribution in [1.29, 1.82) is 0 Å². The van der Waals surface area contributed by atoms with E-state index in [4.69, 9.17) is 0 Å². The van der Waals surface area contributed by atoms with Gasteiger partial charge in [-0.1, -0.05) is 161 Å². The molecule has 0 spiro atoms. The number of aliphatic hydroxyl groups is 4. The Labute approximate surface area is 247 Å². The molecular formula is C34H67NO5. The Hall–Kier alpha value is -0.950. The molecule has 40 heavy (non-hydrogen) atoms. The van der Waals surface area contributed by atoms with Gasteiger partial charge in [-0.15, -0.1) is 0 Å². The standard InChI is InChI=1S/C34H67NO5/c1-3-5-7-9-11-13-15-17-19-21-23-25-27-31(37)33(39)30(29-36)35-34(40)32(38)28-26-24-22-20-18-16-14-12-10-8-6-4-2/h25,27,30-33,36-39H,3-24,26,28-29H2,1-2H3,(H,35,40)/b27-25+. The fraction of sp³-hybridized carbons (Fsp3) is 0.912. The summed E-state index contributed by atoms with van der Waals surface area (Å²) < 4.78 is 0. The number of nitrogens with one attached hydrogen (secondary N) is 1. The van der Waals surface area contributed by atoms with Crippen LogP contribution in [0.1, 0.15) is 168 Å². The van der Waals surface area contributed by atoms with Crippen LogP contribution in [0.25, 0.3) is 0 Å². The quantitative estimate of drug-likeness (QED) is 0.0454. The van der Waals surface area contributed by atoms with Gasteiger partial charge in [-0.05, 0) is 19.3 Å². The monoisotopic (exact) mass is 570 g/mol. The van der Waals surface area contributed by atoms with E-state index in [1.165, 1.54) is 115 Å². The lowest BCUT2D eigenvalue weighted by Crippen LogP contribution is -2.52. The molecule has 0 aliphatic heterocycles. The number of aliphatic hydroxyl groups excluding tert-OH is 4. The van der Waals surface area contributed by atoms with Crippen LogP contribution in [-0.2, 0) is 4.79 Å². The SMILES string of the molecule is CCCCCCCCCCCC/C=C/C(O)C(O)C(CO)NC(=O)C(O)CCCCCCCCCCCCCC. The minimum atomic E-state index is -1.34. The normalized spacial score (nSPS) is 14.8. The van der Waals surface area contributed by atoms with Gasteiger partial charge in [0, 0.05) is 0 Å². The average molecular weight is 570 g/mol. The van der Waals surface area contributed by atoms with Crippen molar-refractivity contribution in [2.45, 2.75) is 192 Å². The average Bonchev–Trinajstić information content (AvgIpc) is 2.96. The maximum atomic E-state index is 12.4. The van der Waals surface area contributed by atoms with Crippen LogP contribution in [0.2, 0.25) is 0 Å². The number of rotatable bonds is 30. The predicted molar refractivity (Wildman–Crippen MR) is 168 cm³/mol. The first kappa shape index (κ1) is 39.0. The van der Waals surface area contributed by atoms with Gasteiger partial charge in [-0.25, -0.2) is 0 Å². The Morgan fingerprint density at radius 3 is 1.45 bits per heavy atom. The lowest BCUT2D eigenvalue weighted by atomic mass is 10.0. The van der Waals surface area contributed by atoms with Crippen LogP contribution in [0.5, 0.6) is 0 Å². The van der Waals surface area contributed by atoms with Crippen LogP contribution >= 0.6 is 0 Å². The molecule has 6 nitrogen and oxygen atoms in total. The third-order valence-corrected chi connectivity index (χ3v) is 7.98. The van der Waals surface area contributed by atoms with Gasteiger partial charge in [0.2, 0.25) is 5.91 Å². The summed E-state index contributed by atoms with van der Waals surface area (Å²) in [5.41, 5.74) is 0. The van der Waals surface area contributed by atoms with Crippen molar-refractivity contribution < 1.29 is 25.2 Å². The van der Waals surface area contributed by atoms with Crippen molar-refractivity contribution in [3.8, 4) is 0 Å². The molecule has 4 atom stereocenters. The highest BCUT2D eigenvalue weighted by Gasteiger charge is 2.27. The number of hydrogen-bond acceptors (Lipinski definition) is 5. The third-order valence-electron chi connectivity index (χ3n) is 7.98. The molecule has 0 aromatic carbocycles. The van der Waals surface area contributed by atoms with Crippen LogP contribution < -0.4 is 5.32 Å². The van der Waals surface area contributed by atoms with Crippen molar-refractivity contribution >= 4 is 5.91 Å². The zero-order valence-electron chi connectivity index (χ0n) is 26.3. The molecule has 0 rings (SSSR count). The topological polar surface area (TPSA) is 110 Å². The minimum Gasteiger partial charge on any atom is -0.394 e. The van der Waals surface area contributed by atoms with Crippen molar-refractivity contribution in [2.75, 3.05) is 6.61 Å². The van der Waals surface area contributed by atoms with Gasteiger partial charge >= 0.3 is 0 Å². The Morgan fingerprint density at radius 1 is 0.625 bits per heavy atom. The number of amides is 1. The molecule has 0 aromatic rings. The van der Waals surface area contributed by atoms with Crippen molar-refractivity contribution in [3.05, 3.63) is 12.2 Å². The summed E-state index contributed by atoms with van der Waals surface area (Å²) in [6.45, 7) is 3.97. The van der Waals surface area contributed by atoms with Crippen LogP contribution in [0.3, 0.4) is 0 Å². The van der Waals surface area contributed by atoms with Gasteiger partial charge in [0.15, 0.2) is 0 Å². The molecule has 0 heterocycles. The lowest BCUT2D eigenvalue weighted by Gasteiger charge is -2.25. The highest BCUT2D eigenvalue weighted by Crippen LogP contribution is 2.14. The number of carbonyl (C=O) groups is 1. The van der Waals surface area contributed by atoms with Crippen molar-refractivity contribution in [3.63, 3.8) is 0 Å². The van der Waals surface area contributed by atoms with Crippen molar-refractivity contribution in [2.24, 2.45) is 0 Å². The molecule has 6 heteroatoms. The number of unbranched alkanes of at least 4 members (excludes halogenated alkanes) is 21. The largest absolute Gasteiger partial charge is 0.394 e. The minimum absolute atomic E-state index is 0.360. The number of hydrogen-bond donors (Lipinski definition) is 5. The second-order valence-electron chi connectivity index (χ2n) is 11.9. The molecule has 1 amide bonds. The first-order valence-electron chi connectivity index (χ1n) is 17.1. The molecule has 0 aromatic heterocycles. The highest BCUT2D eigenvalue weighted by atomic mass is 16.3. The van der Waals surface area contributed by atoms with E-state index in [1.807, 2.05) is 6.08 Å². The third kappa shape index (κ3) is 23.7. The Balaban J connectivity index is 3.92. The molecule has 0 fully saturated rings. The second-order valence-corrected chi connectivity index (χ2v) is 11.9. The predicted octanol–water partition coefficient (Wildman–Crippen LogP) is 7.50. The molecule has 0 saturated carbocycles. The van der Waals surface area contributed by atoms with E-state index in [0.717, 1.165) is 38.5 Å². The summed E-state index contributed by atoms with van der Waals surface area (Å²) in [4.78, 5) is 12.4. The van der Waals surface area contributed by atoms with Gasteiger partial charge < -0.3 is 25.7 Å². The number of allylic oxidation sites excluding steroid dienone is 1. The fourth-order valence-electron chi connectivity index (χ4n) is 5.16. The molecule has 0 aliphatic carbocycles. The summed E-state index contributed by atoms with van der Waals surface area (Å²) in [6.07, 6.45) is 28.2. The first-order valence-corrected chi connectivity index (χ1v) is 17.1. The maximum Gasteiger partial charge on any atom is 0.249 e. The lowest BCUT2D eigenvalue weighted by molar-refractivity contribution is -0.132. The molecule has 0 bridgehead atoms. The fourth-order valence-corrected chi connectivity index (χ4v) is 5.16. The molecule has 238 valence electrons. The molecule has 4 unspecified atom stereocenters. The van der Waals surface area contributed by atoms with E-state index in [-0.39, 0.29) is 0 Å². The molecule has 0 aliphatic rings. The Morgan fingerprint density at radius 2 is 1.02 bits per heavy atom. The maximum absolute atomic E-state index is 12.4. The summed E-state index contributed by atoms with van der Waals surface area (Å²) in [5, 5.41) is 43.1. The Bertz CT molecular complexity index is 571. The van der Waals surface area contributed by atoms with Crippen molar-refractivity contribution in [1.82, 2.24) is 5.32 Å². The van der Waals surface area contributed by atoms with E-state index >= 15 is 0 Å². The van der Waals surface area contributed by atoms with E-state index in [0.29, 0.717) is 6.42 Å². The summed E-state index contributed by atoms with van der Waals surface area (Å²) in [5.74, 6) is -0.609. The van der Waals surface area contributed by atoms with Gasteiger partial charge in [-0.2, -0.15) is 0 Å². The Kier molecular flexibility index (Phi) is 28.8. The van der Waals surface area contributed by atoms with Crippen LogP contribution in [-0.4, -0.2) is 57.3 Å².